The Labute approximate surface area is 108 Å². The molecule has 6 heteroatoms. The SMILES string of the molecule is Cc1cc(Br)cn(CCC(=O)NCCN)c1=O. The van der Waals surface area contributed by atoms with Crippen LogP contribution >= 0.6 is 15.9 Å². The van der Waals surface area contributed by atoms with Crippen molar-refractivity contribution in [2.75, 3.05) is 13.1 Å². The summed E-state index contributed by atoms with van der Waals surface area (Å²) < 4.78 is 2.36. The number of pyridine rings is 1. The number of carbonyl (C=O) groups is 1. The summed E-state index contributed by atoms with van der Waals surface area (Å²) in [6, 6.07) is 1.76. The highest BCUT2D eigenvalue weighted by Gasteiger charge is 2.05. The fourth-order valence-electron chi connectivity index (χ4n) is 1.43. The van der Waals surface area contributed by atoms with Gasteiger partial charge in [0, 0.05) is 42.3 Å². The molecule has 0 saturated carbocycles. The lowest BCUT2D eigenvalue weighted by atomic mass is 10.3. The van der Waals surface area contributed by atoms with Gasteiger partial charge in [-0.3, -0.25) is 9.59 Å². The van der Waals surface area contributed by atoms with Gasteiger partial charge in [0.15, 0.2) is 0 Å². The third-order valence-electron chi connectivity index (χ3n) is 2.28. The Hall–Kier alpha value is -1.14. The van der Waals surface area contributed by atoms with Gasteiger partial charge in [-0.05, 0) is 28.9 Å². The van der Waals surface area contributed by atoms with Gasteiger partial charge in [-0.25, -0.2) is 0 Å². The van der Waals surface area contributed by atoms with E-state index in [-0.39, 0.29) is 17.9 Å². The second-order valence-corrected chi connectivity index (χ2v) is 4.64. The van der Waals surface area contributed by atoms with E-state index in [0.29, 0.717) is 25.2 Å². The van der Waals surface area contributed by atoms with E-state index in [0.717, 1.165) is 4.47 Å². The normalized spacial score (nSPS) is 10.3. The highest BCUT2D eigenvalue weighted by molar-refractivity contribution is 9.10. The zero-order chi connectivity index (χ0) is 12.8. The van der Waals surface area contributed by atoms with Crippen molar-refractivity contribution in [3.05, 3.63) is 32.7 Å². The molecule has 1 aromatic rings. The summed E-state index contributed by atoms with van der Waals surface area (Å²) in [5.74, 6) is -0.0972. The predicted octanol–water partition coefficient (Wildman–Crippen LogP) is 0.384. The molecule has 0 aliphatic rings. The quantitative estimate of drug-likeness (QED) is 0.826. The van der Waals surface area contributed by atoms with Crippen LogP contribution in [0.1, 0.15) is 12.0 Å². The molecular formula is C11H16BrN3O2. The molecule has 0 spiro atoms. The van der Waals surface area contributed by atoms with Gasteiger partial charge in [0.1, 0.15) is 0 Å². The summed E-state index contributed by atoms with van der Waals surface area (Å²) in [7, 11) is 0. The minimum Gasteiger partial charge on any atom is -0.355 e. The highest BCUT2D eigenvalue weighted by atomic mass is 79.9. The molecule has 0 fully saturated rings. The maximum atomic E-state index is 11.7. The molecule has 1 rings (SSSR count). The Balaban J connectivity index is 2.63. The number of hydrogen-bond donors (Lipinski definition) is 2. The minimum atomic E-state index is -0.0972. The summed E-state index contributed by atoms with van der Waals surface area (Å²) in [5, 5.41) is 2.66. The fraction of sp³-hybridized carbons (Fsp3) is 0.455. The predicted molar refractivity (Wildman–Crippen MR) is 69.8 cm³/mol. The van der Waals surface area contributed by atoms with Crippen LogP contribution in [0.3, 0.4) is 0 Å². The molecule has 0 radical (unpaired) electrons. The average molecular weight is 302 g/mol. The molecule has 0 atom stereocenters. The lowest BCUT2D eigenvalue weighted by Gasteiger charge is -2.08. The molecule has 0 unspecified atom stereocenters. The first-order chi connectivity index (χ1) is 8.04. The number of nitrogens with two attached hydrogens (primary N) is 1. The molecule has 0 saturated heterocycles. The van der Waals surface area contributed by atoms with Crippen LogP contribution in [0.5, 0.6) is 0 Å². The smallest absolute Gasteiger partial charge is 0.253 e. The van der Waals surface area contributed by atoms with Crippen molar-refractivity contribution >= 4 is 21.8 Å². The van der Waals surface area contributed by atoms with Crippen LogP contribution in [0, 0.1) is 6.92 Å². The van der Waals surface area contributed by atoms with Gasteiger partial charge >= 0.3 is 0 Å². The largest absolute Gasteiger partial charge is 0.355 e. The first-order valence-electron chi connectivity index (χ1n) is 5.38. The van der Waals surface area contributed by atoms with Crippen molar-refractivity contribution in [3.8, 4) is 0 Å². The van der Waals surface area contributed by atoms with E-state index in [1.807, 2.05) is 0 Å². The molecule has 94 valence electrons. The maximum Gasteiger partial charge on any atom is 0.253 e. The molecule has 0 aliphatic carbocycles. The fourth-order valence-corrected chi connectivity index (χ4v) is 2.02. The molecule has 17 heavy (non-hydrogen) atoms. The van der Waals surface area contributed by atoms with Crippen molar-refractivity contribution in [1.82, 2.24) is 9.88 Å². The number of nitrogens with one attached hydrogen (secondary N) is 1. The van der Waals surface area contributed by atoms with Gasteiger partial charge in [0.25, 0.3) is 5.56 Å². The van der Waals surface area contributed by atoms with Crippen LogP contribution in [-0.2, 0) is 11.3 Å². The third-order valence-corrected chi connectivity index (χ3v) is 2.71. The van der Waals surface area contributed by atoms with Crippen molar-refractivity contribution in [2.45, 2.75) is 19.9 Å². The van der Waals surface area contributed by atoms with Gasteiger partial charge < -0.3 is 15.6 Å². The van der Waals surface area contributed by atoms with Crippen LogP contribution in [0.25, 0.3) is 0 Å². The number of hydrogen-bond acceptors (Lipinski definition) is 3. The van der Waals surface area contributed by atoms with Crippen molar-refractivity contribution in [1.29, 1.82) is 0 Å². The lowest BCUT2D eigenvalue weighted by molar-refractivity contribution is -0.121. The van der Waals surface area contributed by atoms with Gasteiger partial charge in [0.2, 0.25) is 5.91 Å². The van der Waals surface area contributed by atoms with Crippen molar-refractivity contribution < 1.29 is 4.79 Å². The molecule has 3 N–H and O–H groups in total. The molecule has 1 amide bonds. The van der Waals surface area contributed by atoms with E-state index in [2.05, 4.69) is 21.2 Å². The molecule has 1 aromatic heterocycles. The second kappa shape index (κ2) is 6.56. The maximum absolute atomic E-state index is 11.7. The lowest BCUT2D eigenvalue weighted by Crippen LogP contribution is -2.31. The van der Waals surface area contributed by atoms with E-state index < -0.39 is 0 Å². The van der Waals surface area contributed by atoms with E-state index >= 15 is 0 Å². The molecule has 0 aliphatic heterocycles. The number of aryl methyl sites for hydroxylation is 2. The molecule has 5 nitrogen and oxygen atoms in total. The topological polar surface area (TPSA) is 77.1 Å². The first kappa shape index (κ1) is 13.9. The van der Waals surface area contributed by atoms with Gasteiger partial charge in [0.05, 0.1) is 0 Å². The highest BCUT2D eigenvalue weighted by Crippen LogP contribution is 2.08. The number of halogens is 1. The third kappa shape index (κ3) is 4.32. The van der Waals surface area contributed by atoms with Crippen LogP contribution < -0.4 is 16.6 Å². The Kier molecular flexibility index (Phi) is 5.37. The first-order valence-corrected chi connectivity index (χ1v) is 6.17. The van der Waals surface area contributed by atoms with Crippen LogP contribution in [0.2, 0.25) is 0 Å². The summed E-state index contributed by atoms with van der Waals surface area (Å²) >= 11 is 3.32. The molecule has 1 heterocycles. The van der Waals surface area contributed by atoms with Gasteiger partial charge in [-0.1, -0.05) is 0 Å². The number of aromatic nitrogens is 1. The van der Waals surface area contributed by atoms with Crippen molar-refractivity contribution in [2.24, 2.45) is 5.73 Å². The number of carbonyl (C=O) groups excluding carboxylic acids is 1. The van der Waals surface area contributed by atoms with Gasteiger partial charge in [-0.2, -0.15) is 0 Å². The number of rotatable bonds is 5. The standard InChI is InChI=1S/C11H16BrN3O2/c1-8-6-9(12)7-15(11(8)17)5-2-10(16)14-4-3-13/h6-7H,2-5,13H2,1H3,(H,14,16). The Morgan fingerprint density at radius 3 is 2.94 bits per heavy atom. The van der Waals surface area contributed by atoms with Crippen molar-refractivity contribution in [3.63, 3.8) is 0 Å². The zero-order valence-corrected chi connectivity index (χ0v) is 11.3. The number of nitrogens with zero attached hydrogens (tertiary/aromatic N) is 1. The average Bonchev–Trinajstić information content (AvgIpc) is 2.29. The summed E-state index contributed by atoms with van der Waals surface area (Å²) in [6.45, 7) is 3.00. The van der Waals surface area contributed by atoms with E-state index in [9.17, 15) is 9.59 Å². The molecular weight excluding hydrogens is 286 g/mol. The second-order valence-electron chi connectivity index (χ2n) is 3.73. The van der Waals surface area contributed by atoms with Crippen LogP contribution in [0.4, 0.5) is 0 Å². The zero-order valence-electron chi connectivity index (χ0n) is 9.70. The Morgan fingerprint density at radius 2 is 2.29 bits per heavy atom. The molecule has 0 aromatic carbocycles. The summed E-state index contributed by atoms with van der Waals surface area (Å²) in [6.07, 6.45) is 1.96. The van der Waals surface area contributed by atoms with Gasteiger partial charge in [-0.15, -0.1) is 0 Å². The Bertz CT molecular complexity index is 457. The molecule has 0 bridgehead atoms. The number of amides is 1. The monoisotopic (exact) mass is 301 g/mol. The van der Waals surface area contributed by atoms with E-state index in [1.165, 1.54) is 4.57 Å². The van der Waals surface area contributed by atoms with E-state index in [1.54, 1.807) is 19.2 Å². The summed E-state index contributed by atoms with van der Waals surface area (Å²) in [4.78, 5) is 23.1. The Morgan fingerprint density at radius 1 is 1.59 bits per heavy atom. The minimum absolute atomic E-state index is 0.0696. The van der Waals surface area contributed by atoms with Crippen LogP contribution in [0.15, 0.2) is 21.5 Å². The summed E-state index contributed by atoms with van der Waals surface area (Å²) in [5.41, 5.74) is 5.86. The van der Waals surface area contributed by atoms with E-state index in [4.69, 9.17) is 5.73 Å². The van der Waals surface area contributed by atoms with Crippen LogP contribution in [-0.4, -0.2) is 23.6 Å².